The van der Waals surface area contributed by atoms with Gasteiger partial charge >= 0.3 is 5.97 Å². The maximum absolute atomic E-state index is 11.0. The van der Waals surface area contributed by atoms with Crippen LogP contribution in [0.3, 0.4) is 0 Å². The van der Waals surface area contributed by atoms with Crippen molar-refractivity contribution in [1.29, 1.82) is 0 Å². The van der Waals surface area contributed by atoms with E-state index < -0.39 is 12.0 Å². The fourth-order valence-electron chi connectivity index (χ4n) is 1.94. The number of carbonyl (C=O) groups is 1. The first-order chi connectivity index (χ1) is 6.59. The highest BCUT2D eigenvalue weighted by Crippen LogP contribution is 2.29. The molecule has 4 nitrogen and oxygen atoms in total. The standard InChI is InChI=1S/C10H13NO3/c1-5-3-7-6(2)14-4-8(7)9(11-5)10(12)13/h4-5,9,11H,3H2,1-2H3,(H,12,13). The number of carboxylic acids is 1. The molecule has 0 spiro atoms. The Labute approximate surface area is 81.9 Å². The summed E-state index contributed by atoms with van der Waals surface area (Å²) in [4.78, 5) is 11.0. The van der Waals surface area contributed by atoms with Gasteiger partial charge in [0.05, 0.1) is 6.26 Å². The smallest absolute Gasteiger partial charge is 0.325 e. The van der Waals surface area contributed by atoms with Crippen LogP contribution in [0.4, 0.5) is 0 Å². The van der Waals surface area contributed by atoms with Crippen LogP contribution in [0.15, 0.2) is 10.7 Å². The van der Waals surface area contributed by atoms with Crippen molar-refractivity contribution in [3.8, 4) is 0 Å². The molecule has 14 heavy (non-hydrogen) atoms. The number of furan rings is 1. The number of aryl methyl sites for hydroxylation is 1. The second kappa shape index (κ2) is 3.13. The molecule has 0 aliphatic carbocycles. The van der Waals surface area contributed by atoms with Gasteiger partial charge < -0.3 is 9.52 Å². The van der Waals surface area contributed by atoms with E-state index >= 15 is 0 Å². The lowest BCUT2D eigenvalue weighted by atomic mass is 9.93. The highest BCUT2D eigenvalue weighted by molar-refractivity contribution is 5.76. The SMILES string of the molecule is Cc1occ2c1CC(C)NC2C(=O)O. The van der Waals surface area contributed by atoms with Gasteiger partial charge in [0.25, 0.3) is 0 Å². The van der Waals surface area contributed by atoms with Gasteiger partial charge in [-0.05, 0) is 20.3 Å². The third-order valence-electron chi connectivity index (χ3n) is 2.66. The predicted octanol–water partition coefficient (Wildman–Crippen LogP) is 1.25. The highest BCUT2D eigenvalue weighted by Gasteiger charge is 2.31. The molecule has 2 atom stereocenters. The van der Waals surface area contributed by atoms with Crippen LogP contribution >= 0.6 is 0 Å². The van der Waals surface area contributed by atoms with Crippen LogP contribution in [0.5, 0.6) is 0 Å². The number of rotatable bonds is 1. The number of nitrogens with one attached hydrogen (secondary N) is 1. The van der Waals surface area contributed by atoms with Crippen molar-refractivity contribution in [2.45, 2.75) is 32.4 Å². The topological polar surface area (TPSA) is 62.5 Å². The number of fused-ring (bicyclic) bond motifs is 1. The van der Waals surface area contributed by atoms with Crippen molar-refractivity contribution < 1.29 is 14.3 Å². The van der Waals surface area contributed by atoms with Crippen molar-refractivity contribution in [2.75, 3.05) is 0 Å². The third kappa shape index (κ3) is 1.32. The van der Waals surface area contributed by atoms with Crippen molar-refractivity contribution in [3.63, 3.8) is 0 Å². The van der Waals surface area contributed by atoms with Gasteiger partial charge in [0, 0.05) is 17.2 Å². The minimum atomic E-state index is -0.849. The van der Waals surface area contributed by atoms with Crippen LogP contribution in [0, 0.1) is 6.92 Å². The zero-order valence-corrected chi connectivity index (χ0v) is 8.20. The van der Waals surface area contributed by atoms with Crippen LogP contribution < -0.4 is 5.32 Å². The Balaban J connectivity index is 2.44. The predicted molar refractivity (Wildman–Crippen MR) is 50.1 cm³/mol. The first-order valence-corrected chi connectivity index (χ1v) is 4.65. The molecule has 2 rings (SSSR count). The quantitative estimate of drug-likeness (QED) is 0.707. The van der Waals surface area contributed by atoms with Gasteiger partial charge in [-0.25, -0.2) is 0 Å². The van der Waals surface area contributed by atoms with Crippen LogP contribution in [-0.2, 0) is 11.2 Å². The summed E-state index contributed by atoms with van der Waals surface area (Å²) in [6.07, 6.45) is 2.38. The summed E-state index contributed by atoms with van der Waals surface area (Å²) in [5, 5.41) is 12.0. The van der Waals surface area contributed by atoms with Crippen LogP contribution in [0.25, 0.3) is 0 Å². The molecule has 0 bridgehead atoms. The van der Waals surface area contributed by atoms with E-state index in [0.29, 0.717) is 0 Å². The van der Waals surface area contributed by atoms with E-state index in [1.165, 1.54) is 0 Å². The van der Waals surface area contributed by atoms with Gasteiger partial charge in [-0.2, -0.15) is 0 Å². The second-order valence-corrected chi connectivity index (χ2v) is 3.77. The van der Waals surface area contributed by atoms with Gasteiger partial charge in [-0.1, -0.05) is 0 Å². The second-order valence-electron chi connectivity index (χ2n) is 3.77. The first kappa shape index (κ1) is 9.27. The Kier molecular flexibility index (Phi) is 2.07. The molecule has 1 aromatic rings. The molecule has 0 fully saturated rings. The molecule has 0 amide bonds. The molecule has 2 unspecified atom stereocenters. The normalized spacial score (nSPS) is 25.9. The average molecular weight is 195 g/mol. The Morgan fingerprint density at radius 3 is 3.07 bits per heavy atom. The number of hydrogen-bond donors (Lipinski definition) is 2. The largest absolute Gasteiger partial charge is 0.480 e. The van der Waals surface area contributed by atoms with Crippen molar-refractivity contribution in [1.82, 2.24) is 5.32 Å². The third-order valence-corrected chi connectivity index (χ3v) is 2.66. The molecule has 4 heteroatoms. The highest BCUT2D eigenvalue weighted by atomic mass is 16.4. The summed E-state index contributed by atoms with van der Waals surface area (Å²) in [7, 11) is 0. The molecule has 1 aliphatic heterocycles. The molecule has 76 valence electrons. The molecule has 0 aromatic carbocycles. The van der Waals surface area contributed by atoms with Crippen molar-refractivity contribution in [2.24, 2.45) is 0 Å². The van der Waals surface area contributed by atoms with Crippen molar-refractivity contribution >= 4 is 5.97 Å². The number of hydrogen-bond acceptors (Lipinski definition) is 3. The summed E-state index contributed by atoms with van der Waals surface area (Å²) in [6.45, 7) is 3.85. The fraction of sp³-hybridized carbons (Fsp3) is 0.500. The minimum absolute atomic E-state index is 0.180. The molecule has 0 radical (unpaired) electrons. The van der Waals surface area contributed by atoms with Gasteiger partial charge in [0.2, 0.25) is 0 Å². The van der Waals surface area contributed by atoms with Crippen LogP contribution in [0.1, 0.15) is 29.9 Å². The van der Waals surface area contributed by atoms with Gasteiger partial charge in [0.1, 0.15) is 11.8 Å². The monoisotopic (exact) mass is 195 g/mol. The maximum atomic E-state index is 11.0. The summed E-state index contributed by atoms with van der Waals surface area (Å²) < 4.78 is 5.24. The van der Waals surface area contributed by atoms with E-state index in [1.807, 2.05) is 13.8 Å². The number of aliphatic carboxylic acids is 1. The zero-order valence-electron chi connectivity index (χ0n) is 8.20. The molecule has 1 aromatic heterocycles. The first-order valence-electron chi connectivity index (χ1n) is 4.65. The fourth-order valence-corrected chi connectivity index (χ4v) is 1.94. The maximum Gasteiger partial charge on any atom is 0.325 e. The molecule has 1 aliphatic rings. The summed E-state index contributed by atoms with van der Waals surface area (Å²) in [6, 6.07) is -0.439. The summed E-state index contributed by atoms with van der Waals surface area (Å²) in [5.41, 5.74) is 1.82. The van der Waals surface area contributed by atoms with E-state index in [2.05, 4.69) is 5.32 Å². The van der Waals surface area contributed by atoms with Gasteiger partial charge in [-0.3, -0.25) is 10.1 Å². The lowest BCUT2D eigenvalue weighted by Crippen LogP contribution is -2.40. The molecule has 2 heterocycles. The Morgan fingerprint density at radius 1 is 1.71 bits per heavy atom. The Hall–Kier alpha value is -1.29. The van der Waals surface area contributed by atoms with E-state index in [0.717, 1.165) is 23.3 Å². The van der Waals surface area contributed by atoms with Crippen LogP contribution in [0.2, 0.25) is 0 Å². The van der Waals surface area contributed by atoms with E-state index in [9.17, 15) is 4.79 Å². The minimum Gasteiger partial charge on any atom is -0.480 e. The van der Waals surface area contributed by atoms with E-state index in [-0.39, 0.29) is 6.04 Å². The van der Waals surface area contributed by atoms with E-state index in [4.69, 9.17) is 9.52 Å². The Morgan fingerprint density at radius 2 is 2.43 bits per heavy atom. The summed E-state index contributed by atoms with van der Waals surface area (Å²) >= 11 is 0. The number of carboxylic acid groups (broad SMARTS) is 1. The molecule has 2 N–H and O–H groups in total. The lowest BCUT2D eigenvalue weighted by Gasteiger charge is -2.25. The lowest BCUT2D eigenvalue weighted by molar-refractivity contribution is -0.140. The summed E-state index contributed by atoms with van der Waals surface area (Å²) in [5.74, 6) is -0.0156. The van der Waals surface area contributed by atoms with E-state index in [1.54, 1.807) is 6.26 Å². The van der Waals surface area contributed by atoms with Crippen LogP contribution in [-0.4, -0.2) is 17.1 Å². The molecular weight excluding hydrogens is 182 g/mol. The molecule has 0 saturated carbocycles. The average Bonchev–Trinajstić information content (AvgIpc) is 2.47. The Bertz CT molecular complexity index is 369. The van der Waals surface area contributed by atoms with Gasteiger partial charge in [-0.15, -0.1) is 0 Å². The molecular formula is C10H13NO3. The zero-order chi connectivity index (χ0) is 10.3. The van der Waals surface area contributed by atoms with Crippen molar-refractivity contribution in [3.05, 3.63) is 23.2 Å². The molecule has 0 saturated heterocycles. The van der Waals surface area contributed by atoms with Gasteiger partial charge in [0.15, 0.2) is 0 Å².